The molecule has 0 aliphatic carbocycles. The number of rotatable bonds is 6. The molecule has 0 fully saturated rings. The second kappa shape index (κ2) is 9.18. The number of hydrogen-bond donors (Lipinski definition) is 1. The summed E-state index contributed by atoms with van der Waals surface area (Å²) >= 11 is 10.7. The van der Waals surface area contributed by atoms with Gasteiger partial charge in [-0.2, -0.15) is 5.10 Å². The summed E-state index contributed by atoms with van der Waals surface area (Å²) in [4.78, 5) is 24.7. The lowest BCUT2D eigenvalue weighted by Gasteiger charge is -2.04. The summed E-state index contributed by atoms with van der Waals surface area (Å²) in [5.74, 6) is 0.177. The molecule has 0 radical (unpaired) electrons. The molecule has 2 aromatic carbocycles. The van der Waals surface area contributed by atoms with Crippen molar-refractivity contribution in [2.24, 2.45) is 5.10 Å². The Labute approximate surface area is 178 Å². The van der Waals surface area contributed by atoms with Crippen LogP contribution in [0.2, 0.25) is 5.15 Å². The lowest BCUT2D eigenvalue weighted by molar-refractivity contribution is 0.0955. The number of amides is 1. The first-order chi connectivity index (χ1) is 13.5. The topological polar surface area (TPSA) is 72.7 Å². The predicted octanol–water partition coefficient (Wildman–Crippen LogP) is 4.15. The highest BCUT2D eigenvalue weighted by atomic mass is 79.9. The van der Waals surface area contributed by atoms with Gasteiger partial charge in [-0.15, -0.1) is 0 Å². The number of halogens is 2. The third kappa shape index (κ3) is 4.89. The van der Waals surface area contributed by atoms with Crippen molar-refractivity contribution in [2.75, 3.05) is 7.11 Å². The first kappa shape index (κ1) is 20.3. The van der Waals surface area contributed by atoms with E-state index >= 15 is 0 Å². The maximum Gasteiger partial charge on any atom is 0.309 e. The monoisotopic (exact) mass is 479 g/mol. The Bertz CT molecular complexity index is 1080. The number of nitrogens with zero attached hydrogens (tertiary/aromatic N) is 2. The van der Waals surface area contributed by atoms with E-state index in [0.717, 1.165) is 21.4 Å². The summed E-state index contributed by atoms with van der Waals surface area (Å²) in [6.07, 6.45) is 1.37. The summed E-state index contributed by atoms with van der Waals surface area (Å²) in [5.41, 5.74) is 3.77. The second-order valence-electron chi connectivity index (χ2n) is 5.67. The van der Waals surface area contributed by atoms with Crippen LogP contribution in [0.5, 0.6) is 5.75 Å². The van der Waals surface area contributed by atoms with E-state index in [4.69, 9.17) is 16.3 Å². The number of benzene rings is 2. The summed E-state index contributed by atoms with van der Waals surface area (Å²) in [6, 6.07) is 14.3. The molecule has 3 aromatic rings. The normalized spacial score (nSPS) is 11.0. The van der Waals surface area contributed by atoms with Gasteiger partial charge in [-0.05, 0) is 35.9 Å². The number of carbonyl (C=O) groups excluding carboxylic acids is 1. The van der Waals surface area contributed by atoms with Crippen LogP contribution in [0.3, 0.4) is 0 Å². The molecule has 9 heteroatoms. The highest BCUT2D eigenvalue weighted by Gasteiger charge is 2.12. The fourth-order valence-corrected chi connectivity index (χ4v) is 3.74. The average molecular weight is 481 g/mol. The van der Waals surface area contributed by atoms with Gasteiger partial charge in [-0.1, -0.05) is 57.1 Å². The van der Waals surface area contributed by atoms with E-state index in [9.17, 15) is 9.59 Å². The van der Waals surface area contributed by atoms with Crippen LogP contribution in [0.1, 0.15) is 20.8 Å². The van der Waals surface area contributed by atoms with Crippen molar-refractivity contribution in [2.45, 2.75) is 6.54 Å². The van der Waals surface area contributed by atoms with Gasteiger partial charge in [0.25, 0.3) is 5.91 Å². The molecule has 0 saturated heterocycles. The molecule has 3 rings (SSSR count). The van der Waals surface area contributed by atoms with Gasteiger partial charge in [0.05, 0.1) is 24.7 Å². The van der Waals surface area contributed by atoms with Crippen LogP contribution >= 0.6 is 38.9 Å². The van der Waals surface area contributed by atoms with Gasteiger partial charge in [0.1, 0.15) is 10.9 Å². The molecule has 1 heterocycles. The molecule has 0 aliphatic rings. The van der Waals surface area contributed by atoms with Crippen LogP contribution in [-0.4, -0.2) is 23.8 Å². The summed E-state index contributed by atoms with van der Waals surface area (Å²) in [6.45, 7) is 0.353. The van der Waals surface area contributed by atoms with Crippen molar-refractivity contribution in [3.05, 3.63) is 83.8 Å². The maximum atomic E-state index is 12.2. The molecular formula is C19H15BrClN3O3S. The number of hydrazone groups is 1. The SMILES string of the molecule is COc1cccc(C(=O)N/N=C/c2sc(=O)n(Cc3ccc(Br)cc3)c2Cl)c1. The smallest absolute Gasteiger partial charge is 0.309 e. The van der Waals surface area contributed by atoms with Crippen LogP contribution in [0.15, 0.2) is 62.9 Å². The largest absolute Gasteiger partial charge is 0.497 e. The number of aromatic nitrogens is 1. The third-order valence-corrected chi connectivity index (χ3v) is 5.75. The predicted molar refractivity (Wildman–Crippen MR) is 115 cm³/mol. The summed E-state index contributed by atoms with van der Waals surface area (Å²) < 4.78 is 7.51. The first-order valence-corrected chi connectivity index (χ1v) is 10.1. The van der Waals surface area contributed by atoms with Gasteiger partial charge in [0, 0.05) is 10.0 Å². The number of hydrogen-bond acceptors (Lipinski definition) is 5. The van der Waals surface area contributed by atoms with Gasteiger partial charge in [0.15, 0.2) is 0 Å². The minimum atomic E-state index is -0.395. The molecule has 0 bridgehead atoms. The zero-order valence-electron chi connectivity index (χ0n) is 14.7. The molecule has 1 aromatic heterocycles. The molecule has 0 unspecified atom stereocenters. The summed E-state index contributed by atoms with van der Waals surface area (Å²) in [5, 5.41) is 4.18. The van der Waals surface area contributed by atoms with Crippen molar-refractivity contribution in [1.29, 1.82) is 0 Å². The molecule has 28 heavy (non-hydrogen) atoms. The quantitative estimate of drug-likeness (QED) is 0.426. The zero-order chi connectivity index (χ0) is 20.1. The lowest BCUT2D eigenvalue weighted by atomic mass is 10.2. The van der Waals surface area contributed by atoms with E-state index in [1.807, 2.05) is 24.3 Å². The molecule has 0 saturated carbocycles. The Morgan fingerprint density at radius 1 is 1.32 bits per heavy atom. The lowest BCUT2D eigenvalue weighted by Crippen LogP contribution is -2.17. The van der Waals surface area contributed by atoms with E-state index < -0.39 is 5.91 Å². The molecule has 0 aliphatic heterocycles. The Balaban J connectivity index is 1.71. The summed E-state index contributed by atoms with van der Waals surface area (Å²) in [7, 11) is 1.53. The van der Waals surface area contributed by atoms with Gasteiger partial charge in [-0.3, -0.25) is 14.2 Å². The van der Waals surface area contributed by atoms with Gasteiger partial charge >= 0.3 is 4.87 Å². The standard InChI is InChI=1S/C19H15BrClN3O3S/c1-27-15-4-2-3-13(9-15)18(25)23-22-10-16-17(21)24(19(26)28-16)11-12-5-7-14(20)8-6-12/h2-10H,11H2,1H3,(H,23,25)/b22-10+. The Morgan fingerprint density at radius 3 is 2.79 bits per heavy atom. The Hall–Kier alpha value is -2.42. The van der Waals surface area contributed by atoms with Crippen LogP contribution in [0.25, 0.3) is 0 Å². The third-order valence-electron chi connectivity index (χ3n) is 3.79. The minimum absolute atomic E-state index is 0.200. The van der Waals surface area contributed by atoms with E-state index in [1.165, 1.54) is 17.9 Å². The second-order valence-corrected chi connectivity index (χ2v) is 7.93. The molecule has 1 amide bonds. The van der Waals surface area contributed by atoms with Crippen molar-refractivity contribution < 1.29 is 9.53 Å². The molecule has 144 valence electrons. The number of methoxy groups -OCH3 is 1. The number of thiazole rings is 1. The first-order valence-electron chi connectivity index (χ1n) is 8.09. The fraction of sp³-hybridized carbons (Fsp3) is 0.105. The number of carbonyl (C=O) groups is 1. The van der Waals surface area contributed by atoms with Crippen molar-refractivity contribution in [1.82, 2.24) is 9.99 Å². The van der Waals surface area contributed by atoms with Crippen LogP contribution in [0.4, 0.5) is 0 Å². The number of nitrogens with one attached hydrogen (secondary N) is 1. The van der Waals surface area contributed by atoms with E-state index in [2.05, 4.69) is 26.5 Å². The number of ether oxygens (including phenoxy) is 1. The maximum absolute atomic E-state index is 12.2. The average Bonchev–Trinajstić information content (AvgIpc) is 2.97. The van der Waals surface area contributed by atoms with E-state index in [0.29, 0.717) is 22.7 Å². The van der Waals surface area contributed by atoms with Crippen molar-refractivity contribution in [3.8, 4) is 5.75 Å². The molecule has 1 N–H and O–H groups in total. The van der Waals surface area contributed by atoms with Crippen LogP contribution in [0, 0.1) is 0 Å². The molecule has 6 nitrogen and oxygen atoms in total. The molecule has 0 atom stereocenters. The van der Waals surface area contributed by atoms with Gasteiger partial charge < -0.3 is 4.74 Å². The van der Waals surface area contributed by atoms with Crippen LogP contribution < -0.4 is 15.0 Å². The molecular weight excluding hydrogens is 466 g/mol. The Kier molecular flexibility index (Phi) is 6.66. The van der Waals surface area contributed by atoms with E-state index in [-0.39, 0.29) is 10.0 Å². The zero-order valence-corrected chi connectivity index (χ0v) is 17.8. The van der Waals surface area contributed by atoms with Gasteiger partial charge in [-0.25, -0.2) is 5.43 Å². The van der Waals surface area contributed by atoms with Gasteiger partial charge in [0.2, 0.25) is 0 Å². The highest BCUT2D eigenvalue weighted by molar-refractivity contribution is 9.10. The Morgan fingerprint density at radius 2 is 2.07 bits per heavy atom. The fourth-order valence-electron chi connectivity index (χ4n) is 2.37. The van der Waals surface area contributed by atoms with Crippen molar-refractivity contribution in [3.63, 3.8) is 0 Å². The van der Waals surface area contributed by atoms with Crippen LogP contribution in [-0.2, 0) is 6.54 Å². The highest BCUT2D eigenvalue weighted by Crippen LogP contribution is 2.19. The van der Waals surface area contributed by atoms with Crippen molar-refractivity contribution >= 4 is 51.0 Å². The molecule has 0 spiro atoms. The van der Waals surface area contributed by atoms with E-state index in [1.54, 1.807) is 24.3 Å². The minimum Gasteiger partial charge on any atom is -0.497 e.